The summed E-state index contributed by atoms with van der Waals surface area (Å²) >= 11 is 1.36. The van der Waals surface area contributed by atoms with Crippen molar-refractivity contribution in [1.82, 2.24) is 9.97 Å². The van der Waals surface area contributed by atoms with E-state index in [2.05, 4.69) is 21.4 Å². The number of nitrogens with one attached hydrogen (secondary N) is 1. The van der Waals surface area contributed by atoms with E-state index in [-0.39, 0.29) is 5.82 Å². The summed E-state index contributed by atoms with van der Waals surface area (Å²) in [5.74, 6) is 0.0487. The lowest BCUT2D eigenvalue weighted by atomic mass is 10.1. The molecule has 0 saturated carbocycles. The highest BCUT2D eigenvalue weighted by Gasteiger charge is 2.16. The third-order valence-electron chi connectivity index (χ3n) is 3.47. The van der Waals surface area contributed by atoms with Gasteiger partial charge in [-0.2, -0.15) is 5.26 Å². The smallest absolute Gasteiger partial charge is 0.189 e. The van der Waals surface area contributed by atoms with Crippen molar-refractivity contribution in [3.8, 4) is 17.3 Å². The van der Waals surface area contributed by atoms with Crippen molar-refractivity contribution in [2.75, 3.05) is 17.3 Å². The van der Waals surface area contributed by atoms with Gasteiger partial charge >= 0.3 is 0 Å². The molecule has 0 atom stereocenters. The van der Waals surface area contributed by atoms with Crippen LogP contribution in [-0.2, 0) is 0 Å². The van der Waals surface area contributed by atoms with Crippen LogP contribution >= 0.6 is 11.8 Å². The number of aromatic nitrogens is 2. The molecule has 7 heteroatoms. The molecule has 2 aromatic carbocycles. The number of anilines is 3. The minimum absolute atomic E-state index is 0.293. The van der Waals surface area contributed by atoms with Crippen LogP contribution in [0.2, 0.25) is 0 Å². The maximum atomic E-state index is 13.2. The first-order valence-corrected chi connectivity index (χ1v) is 8.58. The highest BCUT2D eigenvalue weighted by atomic mass is 32.2. The first kappa shape index (κ1) is 16.7. The lowest BCUT2D eigenvalue weighted by Crippen LogP contribution is -2.03. The maximum Gasteiger partial charge on any atom is 0.189 e. The van der Waals surface area contributed by atoms with Crippen molar-refractivity contribution in [2.24, 2.45) is 0 Å². The van der Waals surface area contributed by atoms with Gasteiger partial charge in [-0.1, -0.05) is 11.8 Å². The quantitative estimate of drug-likeness (QED) is 0.416. The fourth-order valence-electron chi connectivity index (χ4n) is 2.25. The summed E-state index contributed by atoms with van der Waals surface area (Å²) in [6, 6.07) is 15.1. The second-order valence-electron chi connectivity index (χ2n) is 5.15. The van der Waals surface area contributed by atoms with Crippen LogP contribution in [0.4, 0.5) is 21.6 Å². The Morgan fingerprint density at radius 1 is 1.08 bits per heavy atom. The summed E-state index contributed by atoms with van der Waals surface area (Å²) in [7, 11) is 0. The van der Waals surface area contributed by atoms with Gasteiger partial charge in [-0.15, -0.1) is 0 Å². The van der Waals surface area contributed by atoms with E-state index in [1.807, 2.05) is 6.26 Å². The van der Waals surface area contributed by atoms with E-state index in [1.165, 1.54) is 23.9 Å². The molecule has 1 heterocycles. The number of nitriles is 1. The fraction of sp³-hybridized carbons (Fsp3) is 0.0556. The summed E-state index contributed by atoms with van der Waals surface area (Å²) in [5.41, 5.74) is 8.49. The summed E-state index contributed by atoms with van der Waals surface area (Å²) in [6.45, 7) is 0. The van der Waals surface area contributed by atoms with E-state index in [0.717, 1.165) is 5.69 Å². The molecule has 0 spiro atoms. The molecule has 0 saturated heterocycles. The summed E-state index contributed by atoms with van der Waals surface area (Å²) in [6.07, 6.45) is 1.85. The molecular weight excluding hydrogens is 337 g/mol. The number of halogens is 1. The third kappa shape index (κ3) is 3.70. The normalized spacial score (nSPS) is 10.3. The largest absolute Gasteiger partial charge is 0.399 e. The lowest BCUT2D eigenvalue weighted by Gasteiger charge is -2.12. The van der Waals surface area contributed by atoms with E-state index in [4.69, 9.17) is 5.73 Å². The summed E-state index contributed by atoms with van der Waals surface area (Å²) in [4.78, 5) is 8.82. The minimum atomic E-state index is -0.346. The lowest BCUT2D eigenvalue weighted by molar-refractivity contribution is 0.628. The molecule has 0 radical (unpaired) electrons. The average Bonchev–Trinajstić information content (AvgIpc) is 2.63. The molecule has 0 aliphatic rings. The van der Waals surface area contributed by atoms with Crippen LogP contribution < -0.4 is 11.1 Å². The predicted octanol–water partition coefficient (Wildman–Crippen LogP) is 4.20. The van der Waals surface area contributed by atoms with Crippen LogP contribution in [-0.4, -0.2) is 16.2 Å². The monoisotopic (exact) mass is 351 g/mol. The Balaban J connectivity index is 2.11. The number of nitrogens with zero attached hydrogens (tertiary/aromatic N) is 3. The van der Waals surface area contributed by atoms with Gasteiger partial charge in [-0.25, -0.2) is 14.4 Å². The molecule has 0 amide bonds. The molecule has 5 nitrogen and oxygen atoms in total. The zero-order valence-electron chi connectivity index (χ0n) is 13.3. The van der Waals surface area contributed by atoms with Crippen molar-refractivity contribution in [2.45, 2.75) is 5.16 Å². The summed E-state index contributed by atoms with van der Waals surface area (Å²) in [5, 5.41) is 13.3. The number of benzene rings is 2. The van der Waals surface area contributed by atoms with Gasteiger partial charge in [-0.05, 0) is 54.8 Å². The molecule has 3 aromatic rings. The number of thioether (sulfide) groups is 1. The van der Waals surface area contributed by atoms with Gasteiger partial charge in [0.15, 0.2) is 11.0 Å². The van der Waals surface area contributed by atoms with E-state index >= 15 is 0 Å². The van der Waals surface area contributed by atoms with E-state index < -0.39 is 0 Å². The van der Waals surface area contributed by atoms with Crippen LogP contribution in [0, 0.1) is 17.1 Å². The first-order chi connectivity index (χ1) is 12.1. The Bertz CT molecular complexity index is 933. The van der Waals surface area contributed by atoms with Gasteiger partial charge in [0.2, 0.25) is 0 Å². The number of nitrogens with two attached hydrogens (primary N) is 1. The van der Waals surface area contributed by atoms with Crippen molar-refractivity contribution < 1.29 is 4.39 Å². The maximum absolute atomic E-state index is 13.2. The van der Waals surface area contributed by atoms with Gasteiger partial charge in [0.1, 0.15) is 17.4 Å². The van der Waals surface area contributed by atoms with E-state index in [9.17, 15) is 9.65 Å². The molecule has 0 aliphatic carbocycles. The standard InChI is InChI=1S/C18H14FN5S/c1-25-18-23-16(11-2-4-12(19)5-3-11)15(10-20)17(24-18)22-14-8-6-13(21)7-9-14/h2-9H,21H2,1H3,(H,22,23,24). The zero-order chi connectivity index (χ0) is 17.8. The highest BCUT2D eigenvalue weighted by molar-refractivity contribution is 7.98. The molecule has 3 rings (SSSR count). The SMILES string of the molecule is CSc1nc(Nc2ccc(N)cc2)c(C#N)c(-c2ccc(F)cc2)n1. The second kappa shape index (κ2) is 7.20. The van der Waals surface area contributed by atoms with E-state index in [0.29, 0.717) is 33.5 Å². The van der Waals surface area contributed by atoms with Crippen molar-refractivity contribution >= 4 is 29.0 Å². The van der Waals surface area contributed by atoms with Gasteiger partial charge in [0.05, 0.1) is 5.69 Å². The van der Waals surface area contributed by atoms with Gasteiger partial charge in [0, 0.05) is 16.9 Å². The van der Waals surface area contributed by atoms with Gasteiger partial charge in [0.25, 0.3) is 0 Å². The highest BCUT2D eigenvalue weighted by Crippen LogP contribution is 2.30. The first-order valence-electron chi connectivity index (χ1n) is 7.35. The number of hydrogen-bond acceptors (Lipinski definition) is 6. The molecule has 0 unspecified atom stereocenters. The number of rotatable bonds is 4. The molecule has 0 aliphatic heterocycles. The molecule has 1 aromatic heterocycles. The fourth-order valence-corrected chi connectivity index (χ4v) is 2.61. The van der Waals surface area contributed by atoms with Crippen molar-refractivity contribution in [3.05, 3.63) is 59.9 Å². The molecule has 3 N–H and O–H groups in total. The Hall–Kier alpha value is -3.11. The second-order valence-corrected chi connectivity index (χ2v) is 5.92. The van der Waals surface area contributed by atoms with E-state index in [1.54, 1.807) is 36.4 Å². The van der Waals surface area contributed by atoms with Crippen LogP contribution in [0.15, 0.2) is 53.7 Å². The predicted molar refractivity (Wildman–Crippen MR) is 98.1 cm³/mol. The molecular formula is C18H14FN5S. The van der Waals surface area contributed by atoms with Crippen LogP contribution in [0.3, 0.4) is 0 Å². The molecule has 0 fully saturated rings. The van der Waals surface area contributed by atoms with Crippen LogP contribution in [0.5, 0.6) is 0 Å². The molecule has 0 bridgehead atoms. The number of hydrogen-bond donors (Lipinski definition) is 2. The molecule has 124 valence electrons. The molecule has 25 heavy (non-hydrogen) atoms. The number of nitrogen functional groups attached to an aromatic ring is 1. The Morgan fingerprint density at radius 2 is 1.76 bits per heavy atom. The average molecular weight is 351 g/mol. The zero-order valence-corrected chi connectivity index (χ0v) is 14.1. The topological polar surface area (TPSA) is 87.6 Å². The van der Waals surface area contributed by atoms with Gasteiger partial charge in [-0.3, -0.25) is 0 Å². The Morgan fingerprint density at radius 3 is 2.36 bits per heavy atom. The van der Waals surface area contributed by atoms with Crippen molar-refractivity contribution in [3.63, 3.8) is 0 Å². The van der Waals surface area contributed by atoms with Crippen molar-refractivity contribution in [1.29, 1.82) is 5.26 Å². The third-order valence-corrected chi connectivity index (χ3v) is 4.02. The summed E-state index contributed by atoms with van der Waals surface area (Å²) < 4.78 is 13.2. The Labute approximate surface area is 148 Å². The van der Waals surface area contributed by atoms with Crippen LogP contribution in [0.1, 0.15) is 5.56 Å². The Kier molecular flexibility index (Phi) is 4.82. The van der Waals surface area contributed by atoms with Crippen LogP contribution in [0.25, 0.3) is 11.3 Å². The van der Waals surface area contributed by atoms with Gasteiger partial charge < -0.3 is 11.1 Å². The minimum Gasteiger partial charge on any atom is -0.399 e.